The lowest BCUT2D eigenvalue weighted by Gasteiger charge is -2.26. The van der Waals surface area contributed by atoms with E-state index in [0.29, 0.717) is 18.1 Å². The number of halogens is 1. The maximum atomic E-state index is 6.36. The van der Waals surface area contributed by atoms with Gasteiger partial charge in [0.05, 0.1) is 22.5 Å². The van der Waals surface area contributed by atoms with Crippen LogP contribution in [0.15, 0.2) is 0 Å². The van der Waals surface area contributed by atoms with Crippen LogP contribution < -0.4 is 5.32 Å². The fraction of sp³-hybridized carbons (Fsp3) is 0.786. The van der Waals surface area contributed by atoms with Crippen molar-refractivity contribution < 1.29 is 4.74 Å². The Morgan fingerprint density at radius 3 is 2.79 bits per heavy atom. The van der Waals surface area contributed by atoms with Gasteiger partial charge in [0.15, 0.2) is 0 Å². The number of rotatable bonds is 5. The molecule has 3 unspecified atom stereocenters. The van der Waals surface area contributed by atoms with E-state index in [0.717, 1.165) is 42.4 Å². The summed E-state index contributed by atoms with van der Waals surface area (Å²) in [6, 6.07) is 0.398. The van der Waals surface area contributed by atoms with Gasteiger partial charge in [0, 0.05) is 32.0 Å². The predicted octanol–water partition coefficient (Wildman–Crippen LogP) is 2.33. The van der Waals surface area contributed by atoms with Crippen molar-refractivity contribution in [3.63, 3.8) is 0 Å². The van der Waals surface area contributed by atoms with Crippen molar-refractivity contribution in [2.45, 2.75) is 45.8 Å². The molecule has 108 valence electrons. The van der Waals surface area contributed by atoms with E-state index in [4.69, 9.17) is 16.3 Å². The van der Waals surface area contributed by atoms with E-state index in [1.54, 1.807) is 0 Å². The Labute approximate surface area is 120 Å². The Kier molecular flexibility index (Phi) is 4.87. The summed E-state index contributed by atoms with van der Waals surface area (Å²) < 4.78 is 7.61. The maximum absolute atomic E-state index is 6.36. The fourth-order valence-corrected chi connectivity index (χ4v) is 3.26. The van der Waals surface area contributed by atoms with Crippen molar-refractivity contribution in [2.75, 3.05) is 13.2 Å². The van der Waals surface area contributed by atoms with Crippen molar-refractivity contribution in [1.29, 1.82) is 0 Å². The second kappa shape index (κ2) is 6.25. The molecular formula is C14H24ClN3O. The minimum atomic E-state index is 0.317. The molecular weight excluding hydrogens is 262 g/mol. The monoisotopic (exact) mass is 285 g/mol. The van der Waals surface area contributed by atoms with Crippen LogP contribution in [0.3, 0.4) is 0 Å². The molecule has 19 heavy (non-hydrogen) atoms. The van der Waals surface area contributed by atoms with Crippen molar-refractivity contribution in [2.24, 2.45) is 13.0 Å². The molecule has 1 saturated heterocycles. The summed E-state index contributed by atoms with van der Waals surface area (Å²) in [6.45, 7) is 8.09. The van der Waals surface area contributed by atoms with Crippen molar-refractivity contribution in [3.05, 3.63) is 16.4 Å². The highest BCUT2D eigenvalue weighted by Gasteiger charge is 2.32. The second-order valence-electron chi connectivity index (χ2n) is 5.37. The zero-order valence-corrected chi connectivity index (χ0v) is 13.0. The van der Waals surface area contributed by atoms with Crippen LogP contribution in [0.4, 0.5) is 0 Å². The van der Waals surface area contributed by atoms with Crippen LogP contribution in [0, 0.1) is 12.8 Å². The van der Waals surface area contributed by atoms with Gasteiger partial charge in [0.1, 0.15) is 0 Å². The van der Waals surface area contributed by atoms with Crippen LogP contribution in [0.2, 0.25) is 5.02 Å². The number of hydrogen-bond acceptors (Lipinski definition) is 3. The first-order valence-corrected chi connectivity index (χ1v) is 7.45. The van der Waals surface area contributed by atoms with E-state index < -0.39 is 0 Å². The molecule has 4 nitrogen and oxygen atoms in total. The van der Waals surface area contributed by atoms with Gasteiger partial charge in [-0.1, -0.05) is 18.5 Å². The van der Waals surface area contributed by atoms with E-state index in [2.05, 4.69) is 24.3 Å². The van der Waals surface area contributed by atoms with Crippen molar-refractivity contribution in [1.82, 2.24) is 15.1 Å². The Morgan fingerprint density at radius 1 is 1.58 bits per heavy atom. The minimum Gasteiger partial charge on any atom is -0.378 e. The highest BCUT2D eigenvalue weighted by atomic mass is 35.5. The Bertz CT molecular complexity index is 433. The van der Waals surface area contributed by atoms with Crippen LogP contribution in [0.25, 0.3) is 0 Å². The smallest absolute Gasteiger partial charge is 0.0847 e. The van der Waals surface area contributed by atoms with Gasteiger partial charge in [-0.2, -0.15) is 5.10 Å². The Morgan fingerprint density at radius 2 is 2.32 bits per heavy atom. The van der Waals surface area contributed by atoms with Gasteiger partial charge >= 0.3 is 0 Å². The van der Waals surface area contributed by atoms with Crippen molar-refractivity contribution in [3.8, 4) is 0 Å². The molecule has 0 saturated carbocycles. The summed E-state index contributed by atoms with van der Waals surface area (Å²) in [6.07, 6.45) is 2.34. The quantitative estimate of drug-likeness (QED) is 0.902. The first-order valence-electron chi connectivity index (χ1n) is 7.07. The van der Waals surface area contributed by atoms with E-state index in [1.165, 1.54) is 0 Å². The SMILES string of the molecule is CCNC(Cc1c(Cl)c(C)nn1C)C1CCOC1C. The first kappa shape index (κ1) is 14.8. The lowest BCUT2D eigenvalue weighted by Crippen LogP contribution is -2.41. The molecule has 5 heteroatoms. The number of hydrogen-bond donors (Lipinski definition) is 1. The summed E-state index contributed by atoms with van der Waals surface area (Å²) in [7, 11) is 1.96. The zero-order valence-electron chi connectivity index (χ0n) is 12.2. The topological polar surface area (TPSA) is 39.1 Å². The summed E-state index contributed by atoms with van der Waals surface area (Å²) in [5.41, 5.74) is 2.02. The lowest BCUT2D eigenvalue weighted by atomic mass is 9.90. The number of likely N-dealkylation sites (N-methyl/N-ethyl adjacent to an activating group) is 1. The van der Waals surface area contributed by atoms with Crippen LogP contribution in [-0.4, -0.2) is 35.1 Å². The summed E-state index contributed by atoms with van der Waals surface area (Å²) in [4.78, 5) is 0. The molecule has 0 aromatic carbocycles. The minimum absolute atomic E-state index is 0.317. The Balaban J connectivity index is 2.16. The molecule has 0 bridgehead atoms. The van der Waals surface area contributed by atoms with Gasteiger partial charge in [-0.05, 0) is 26.8 Å². The predicted molar refractivity (Wildman–Crippen MR) is 77.6 cm³/mol. The third-order valence-electron chi connectivity index (χ3n) is 4.09. The van der Waals surface area contributed by atoms with Gasteiger partial charge in [0.2, 0.25) is 0 Å². The normalized spacial score (nSPS) is 24.9. The third-order valence-corrected chi connectivity index (χ3v) is 4.58. The van der Waals surface area contributed by atoms with Crippen LogP contribution in [0.5, 0.6) is 0 Å². The molecule has 0 aliphatic carbocycles. The zero-order chi connectivity index (χ0) is 14.0. The maximum Gasteiger partial charge on any atom is 0.0847 e. The molecule has 2 rings (SSSR count). The molecule has 1 aromatic heterocycles. The number of ether oxygens (including phenoxy) is 1. The average molecular weight is 286 g/mol. The fourth-order valence-electron chi connectivity index (χ4n) is 3.02. The van der Waals surface area contributed by atoms with E-state index in [-0.39, 0.29) is 0 Å². The highest BCUT2D eigenvalue weighted by Crippen LogP contribution is 2.28. The van der Waals surface area contributed by atoms with Crippen molar-refractivity contribution >= 4 is 11.6 Å². The molecule has 1 fully saturated rings. The van der Waals surface area contributed by atoms with E-state index in [1.807, 2.05) is 18.7 Å². The molecule has 1 aromatic rings. The average Bonchev–Trinajstić information content (AvgIpc) is 2.88. The molecule has 0 spiro atoms. The van der Waals surface area contributed by atoms with Gasteiger partial charge in [0.25, 0.3) is 0 Å². The number of nitrogens with one attached hydrogen (secondary N) is 1. The summed E-state index contributed by atoms with van der Waals surface area (Å²) >= 11 is 6.36. The van der Waals surface area contributed by atoms with E-state index >= 15 is 0 Å². The van der Waals surface area contributed by atoms with Crippen LogP contribution >= 0.6 is 11.6 Å². The highest BCUT2D eigenvalue weighted by molar-refractivity contribution is 6.31. The van der Waals surface area contributed by atoms with E-state index in [9.17, 15) is 0 Å². The third kappa shape index (κ3) is 3.12. The molecule has 0 radical (unpaired) electrons. The van der Waals surface area contributed by atoms with Crippen LogP contribution in [0.1, 0.15) is 31.7 Å². The molecule has 1 N–H and O–H groups in total. The van der Waals surface area contributed by atoms with Gasteiger partial charge in [-0.15, -0.1) is 0 Å². The number of aryl methyl sites for hydroxylation is 2. The molecule has 3 atom stereocenters. The largest absolute Gasteiger partial charge is 0.378 e. The molecule has 1 aliphatic heterocycles. The number of nitrogens with zero attached hydrogens (tertiary/aromatic N) is 2. The molecule has 1 aliphatic rings. The standard InChI is InChI=1S/C14H24ClN3O/c1-5-16-12(11-6-7-19-10(11)3)8-13-14(15)9(2)17-18(13)4/h10-12,16H,5-8H2,1-4H3. The first-order chi connectivity index (χ1) is 9.04. The van der Waals surface area contributed by atoms with Crippen LogP contribution in [-0.2, 0) is 18.2 Å². The summed E-state index contributed by atoms with van der Waals surface area (Å²) in [5.74, 6) is 0.547. The summed E-state index contributed by atoms with van der Waals surface area (Å²) in [5, 5.41) is 8.79. The number of aromatic nitrogens is 2. The van der Waals surface area contributed by atoms with Gasteiger partial charge < -0.3 is 10.1 Å². The molecule has 0 amide bonds. The van der Waals surface area contributed by atoms with Gasteiger partial charge in [-0.3, -0.25) is 4.68 Å². The Hall–Kier alpha value is -0.580. The second-order valence-corrected chi connectivity index (χ2v) is 5.74. The lowest BCUT2D eigenvalue weighted by molar-refractivity contribution is 0.0953. The molecule has 2 heterocycles. The van der Waals surface area contributed by atoms with Gasteiger partial charge in [-0.25, -0.2) is 0 Å².